The maximum atomic E-state index is 12.3. The number of sulfonamides is 1. The molecule has 0 aliphatic heterocycles. The molecule has 1 saturated carbocycles. The number of halogens is 1. The predicted molar refractivity (Wildman–Crippen MR) is 77.3 cm³/mol. The molecule has 1 aromatic rings. The Kier molecular flexibility index (Phi) is 4.20. The normalized spacial score (nSPS) is 18.0. The topological polar surface area (TPSA) is 81.4 Å². The Morgan fingerprint density at radius 3 is 2.68 bits per heavy atom. The van der Waals surface area contributed by atoms with Gasteiger partial charge in [0.15, 0.2) is 0 Å². The van der Waals surface area contributed by atoms with Gasteiger partial charge >= 0.3 is 0 Å². The number of rotatable bonds is 5. The zero-order chi connectivity index (χ0) is 14.1. The third-order valence-corrected chi connectivity index (χ3v) is 5.92. The Balaban J connectivity index is 2.16. The van der Waals surface area contributed by atoms with E-state index in [1.807, 2.05) is 0 Å². The monoisotopic (exact) mass is 348 g/mol. The number of hydrogen-bond acceptors (Lipinski definition) is 4. The van der Waals surface area contributed by atoms with Crippen LogP contribution in [0.4, 0.5) is 5.69 Å². The van der Waals surface area contributed by atoms with E-state index in [1.54, 1.807) is 19.2 Å². The number of methoxy groups -OCH3 is 1. The van der Waals surface area contributed by atoms with Crippen molar-refractivity contribution in [2.24, 2.45) is 0 Å². The Hall–Kier alpha value is -0.630. The van der Waals surface area contributed by atoms with Crippen LogP contribution in [0.5, 0.6) is 0 Å². The summed E-state index contributed by atoms with van der Waals surface area (Å²) in [5.41, 5.74) is 5.70. The first kappa shape index (κ1) is 14.8. The number of anilines is 1. The Morgan fingerprint density at radius 2 is 2.16 bits per heavy atom. The van der Waals surface area contributed by atoms with Crippen LogP contribution in [0.3, 0.4) is 0 Å². The number of nitrogens with one attached hydrogen (secondary N) is 1. The van der Waals surface area contributed by atoms with E-state index in [-0.39, 0.29) is 17.0 Å². The lowest BCUT2D eigenvalue weighted by Crippen LogP contribution is -2.49. The third kappa shape index (κ3) is 3.10. The van der Waals surface area contributed by atoms with Crippen LogP contribution in [0.25, 0.3) is 0 Å². The summed E-state index contributed by atoms with van der Waals surface area (Å²) < 4.78 is 33.0. The van der Waals surface area contributed by atoms with E-state index >= 15 is 0 Å². The van der Waals surface area contributed by atoms with E-state index in [4.69, 9.17) is 10.5 Å². The summed E-state index contributed by atoms with van der Waals surface area (Å²) in [6, 6.07) is 4.71. The maximum Gasteiger partial charge on any atom is 0.241 e. The molecule has 7 heteroatoms. The van der Waals surface area contributed by atoms with Gasteiger partial charge < -0.3 is 10.5 Å². The zero-order valence-corrected chi connectivity index (χ0v) is 13.1. The lowest BCUT2D eigenvalue weighted by Gasteiger charge is -2.40. The lowest BCUT2D eigenvalue weighted by molar-refractivity contribution is -0.0659. The highest BCUT2D eigenvalue weighted by molar-refractivity contribution is 9.10. The first-order chi connectivity index (χ1) is 8.88. The van der Waals surface area contributed by atoms with Crippen molar-refractivity contribution in [3.63, 3.8) is 0 Å². The van der Waals surface area contributed by atoms with Crippen LogP contribution < -0.4 is 10.5 Å². The van der Waals surface area contributed by atoms with Gasteiger partial charge in [-0.15, -0.1) is 0 Å². The molecule has 0 unspecified atom stereocenters. The molecule has 19 heavy (non-hydrogen) atoms. The van der Waals surface area contributed by atoms with Gasteiger partial charge in [-0.25, -0.2) is 13.1 Å². The van der Waals surface area contributed by atoms with E-state index in [0.717, 1.165) is 19.3 Å². The van der Waals surface area contributed by atoms with Crippen LogP contribution in [0.1, 0.15) is 19.3 Å². The minimum atomic E-state index is -3.59. The molecule has 5 nitrogen and oxygen atoms in total. The summed E-state index contributed by atoms with van der Waals surface area (Å²) in [5.74, 6) is 0. The van der Waals surface area contributed by atoms with E-state index in [2.05, 4.69) is 20.7 Å². The largest absolute Gasteiger partial charge is 0.399 e. The van der Waals surface area contributed by atoms with Gasteiger partial charge in [0, 0.05) is 23.8 Å². The quantitative estimate of drug-likeness (QED) is 0.796. The molecule has 0 aromatic heterocycles. The Bertz CT molecular complexity index is 565. The molecule has 0 radical (unpaired) electrons. The molecule has 1 aliphatic carbocycles. The second-order valence-corrected chi connectivity index (χ2v) is 7.34. The van der Waals surface area contributed by atoms with Crippen LogP contribution in [0.15, 0.2) is 27.6 Å². The van der Waals surface area contributed by atoms with Crippen molar-refractivity contribution in [2.75, 3.05) is 19.4 Å². The molecule has 0 atom stereocenters. The number of ether oxygens (including phenoxy) is 1. The van der Waals surface area contributed by atoms with Crippen LogP contribution in [-0.4, -0.2) is 27.7 Å². The minimum absolute atomic E-state index is 0.151. The van der Waals surface area contributed by atoms with E-state index < -0.39 is 10.0 Å². The number of hydrogen-bond donors (Lipinski definition) is 2. The second kappa shape index (κ2) is 5.40. The highest BCUT2D eigenvalue weighted by Gasteiger charge is 2.38. The van der Waals surface area contributed by atoms with Crippen LogP contribution in [-0.2, 0) is 14.8 Å². The summed E-state index contributed by atoms with van der Waals surface area (Å²) in [5, 5.41) is 0. The third-order valence-electron chi connectivity index (χ3n) is 3.53. The fraction of sp³-hybridized carbons (Fsp3) is 0.500. The molecule has 1 fully saturated rings. The van der Waals surface area contributed by atoms with Gasteiger partial charge in [0.05, 0.1) is 10.5 Å². The van der Waals surface area contributed by atoms with E-state index in [1.165, 1.54) is 6.07 Å². The number of benzene rings is 1. The van der Waals surface area contributed by atoms with Gasteiger partial charge in [0.25, 0.3) is 0 Å². The molecular weight excluding hydrogens is 332 g/mol. The molecule has 0 spiro atoms. The van der Waals surface area contributed by atoms with Crippen molar-refractivity contribution in [1.82, 2.24) is 4.72 Å². The lowest BCUT2D eigenvalue weighted by atomic mass is 9.80. The van der Waals surface area contributed by atoms with Crippen LogP contribution in [0, 0.1) is 0 Å². The van der Waals surface area contributed by atoms with Crippen LogP contribution in [0.2, 0.25) is 0 Å². The zero-order valence-electron chi connectivity index (χ0n) is 10.6. The first-order valence-corrected chi connectivity index (χ1v) is 8.26. The van der Waals surface area contributed by atoms with Crippen molar-refractivity contribution < 1.29 is 13.2 Å². The highest BCUT2D eigenvalue weighted by Crippen LogP contribution is 2.34. The highest BCUT2D eigenvalue weighted by atomic mass is 79.9. The maximum absolute atomic E-state index is 12.3. The van der Waals surface area contributed by atoms with Gasteiger partial charge in [-0.2, -0.15) is 0 Å². The van der Waals surface area contributed by atoms with E-state index in [0.29, 0.717) is 10.2 Å². The summed E-state index contributed by atoms with van der Waals surface area (Å²) in [6.07, 6.45) is 2.83. The van der Waals surface area contributed by atoms with Gasteiger partial charge in [0.2, 0.25) is 10.0 Å². The van der Waals surface area contributed by atoms with Gasteiger partial charge in [-0.05, 0) is 53.4 Å². The van der Waals surface area contributed by atoms with Gasteiger partial charge in [-0.3, -0.25) is 0 Å². The minimum Gasteiger partial charge on any atom is -0.399 e. The molecule has 1 aliphatic rings. The Labute approximate surface area is 121 Å². The molecule has 0 amide bonds. The van der Waals surface area contributed by atoms with Crippen molar-refractivity contribution in [1.29, 1.82) is 0 Å². The number of nitrogen functional groups attached to an aromatic ring is 1. The molecule has 2 rings (SSSR count). The smallest absolute Gasteiger partial charge is 0.241 e. The van der Waals surface area contributed by atoms with Gasteiger partial charge in [0.1, 0.15) is 0 Å². The molecule has 106 valence electrons. The molecule has 0 heterocycles. The SMILES string of the molecule is COC1(CNS(=O)(=O)c2cc(N)ccc2Br)CCC1. The average Bonchev–Trinajstić information content (AvgIpc) is 2.31. The summed E-state index contributed by atoms with van der Waals surface area (Å²) in [6.45, 7) is 0.285. The summed E-state index contributed by atoms with van der Waals surface area (Å²) in [4.78, 5) is 0.151. The Morgan fingerprint density at radius 1 is 1.47 bits per heavy atom. The molecule has 0 bridgehead atoms. The fourth-order valence-corrected chi connectivity index (χ4v) is 4.16. The van der Waals surface area contributed by atoms with Gasteiger partial charge in [-0.1, -0.05) is 0 Å². The summed E-state index contributed by atoms with van der Waals surface area (Å²) >= 11 is 3.23. The fourth-order valence-electron chi connectivity index (χ4n) is 2.05. The second-order valence-electron chi connectivity index (χ2n) is 4.76. The predicted octanol–water partition coefficient (Wildman–Crippen LogP) is 1.88. The van der Waals surface area contributed by atoms with Crippen molar-refractivity contribution in [3.05, 3.63) is 22.7 Å². The summed E-state index contributed by atoms with van der Waals surface area (Å²) in [7, 11) is -1.97. The van der Waals surface area contributed by atoms with Crippen molar-refractivity contribution >= 4 is 31.6 Å². The van der Waals surface area contributed by atoms with Crippen molar-refractivity contribution in [2.45, 2.75) is 29.8 Å². The molecular formula is C12H17BrN2O3S. The molecule has 3 N–H and O–H groups in total. The number of nitrogens with two attached hydrogens (primary N) is 1. The van der Waals surface area contributed by atoms with E-state index in [9.17, 15) is 8.42 Å². The van der Waals surface area contributed by atoms with Crippen molar-refractivity contribution in [3.8, 4) is 0 Å². The molecule has 1 aromatic carbocycles. The average molecular weight is 349 g/mol. The van der Waals surface area contributed by atoms with Crippen LogP contribution >= 0.6 is 15.9 Å². The molecule has 0 saturated heterocycles. The standard InChI is InChI=1S/C12H17BrN2O3S/c1-18-12(5-2-6-12)8-15-19(16,17)11-7-9(14)3-4-10(11)13/h3-4,7,15H,2,5-6,8,14H2,1H3. The first-order valence-electron chi connectivity index (χ1n) is 5.98.